The Balaban J connectivity index is 1.40. The summed E-state index contributed by atoms with van der Waals surface area (Å²) in [6.45, 7) is 6.42. The van der Waals surface area contributed by atoms with Crippen molar-refractivity contribution < 1.29 is 18.0 Å². The zero-order valence-electron chi connectivity index (χ0n) is 19.3. The molecule has 3 atom stereocenters. The van der Waals surface area contributed by atoms with Gasteiger partial charge in [-0.05, 0) is 68.7 Å². The number of fused-ring (bicyclic) bond motifs is 1. The molecule has 2 heterocycles. The molecule has 2 amide bonds. The second-order valence-corrected chi connectivity index (χ2v) is 11.7. The molecule has 1 saturated carbocycles. The smallest absolute Gasteiger partial charge is 0.243 e. The number of hydrogen-bond donors (Lipinski definition) is 1. The number of benzene rings is 1. The number of carbonyl (C=O) groups excluding carboxylic acids is 2. The molecule has 3 aliphatic rings. The third-order valence-electron chi connectivity index (χ3n) is 7.51. The van der Waals surface area contributed by atoms with Crippen molar-refractivity contribution in [3.05, 3.63) is 23.8 Å². The monoisotopic (exact) mass is 461 g/mol. The average Bonchev–Trinajstić information content (AvgIpc) is 3.10. The number of piperidine rings is 1. The van der Waals surface area contributed by atoms with Crippen molar-refractivity contribution >= 4 is 27.5 Å². The number of nitrogens with zero attached hydrogens (tertiary/aromatic N) is 2. The molecule has 8 heteroatoms. The lowest BCUT2D eigenvalue weighted by atomic mass is 9.85. The van der Waals surface area contributed by atoms with E-state index in [1.165, 1.54) is 17.6 Å². The Bertz CT molecular complexity index is 985. The van der Waals surface area contributed by atoms with Gasteiger partial charge in [0.05, 0.1) is 4.90 Å². The van der Waals surface area contributed by atoms with E-state index in [4.69, 9.17) is 0 Å². The van der Waals surface area contributed by atoms with Gasteiger partial charge in [0, 0.05) is 43.7 Å². The van der Waals surface area contributed by atoms with Crippen LogP contribution in [0.2, 0.25) is 0 Å². The molecule has 0 bridgehead atoms. The lowest BCUT2D eigenvalue weighted by Crippen LogP contribution is -2.47. The highest BCUT2D eigenvalue weighted by atomic mass is 32.2. The topological polar surface area (TPSA) is 86.8 Å². The van der Waals surface area contributed by atoms with Crippen molar-refractivity contribution in [2.24, 2.45) is 11.8 Å². The summed E-state index contributed by atoms with van der Waals surface area (Å²) < 4.78 is 28.0. The van der Waals surface area contributed by atoms with Crippen molar-refractivity contribution in [2.45, 2.75) is 82.7 Å². The van der Waals surface area contributed by atoms with Crippen molar-refractivity contribution in [1.82, 2.24) is 9.62 Å². The van der Waals surface area contributed by atoms with Gasteiger partial charge in [0.1, 0.15) is 0 Å². The summed E-state index contributed by atoms with van der Waals surface area (Å²) in [7, 11) is -3.63. The molecule has 176 valence electrons. The summed E-state index contributed by atoms with van der Waals surface area (Å²) >= 11 is 0. The molecule has 1 N–H and O–H groups in total. The number of carbonyl (C=O) groups is 2. The molecular weight excluding hydrogens is 426 g/mol. The third-order valence-corrected chi connectivity index (χ3v) is 9.40. The number of anilines is 1. The van der Waals surface area contributed by atoms with Gasteiger partial charge in [0.2, 0.25) is 21.8 Å². The second-order valence-electron chi connectivity index (χ2n) is 9.79. The lowest BCUT2D eigenvalue weighted by molar-refractivity contribution is -0.127. The lowest BCUT2D eigenvalue weighted by Gasteiger charge is -2.34. The highest BCUT2D eigenvalue weighted by Crippen LogP contribution is 2.35. The molecule has 2 aliphatic heterocycles. The normalized spacial score (nSPS) is 27.2. The SMILES string of the molecule is CC(=O)N1c2ccc(S(=O)(=O)N3CCC(C(=O)N[C@@H]4CCCC[C@@H]4C)CC3)cc2C[C@H]1C. The third kappa shape index (κ3) is 4.44. The maximum absolute atomic E-state index is 13.3. The molecule has 0 aromatic heterocycles. The van der Waals surface area contributed by atoms with Gasteiger partial charge in [-0.3, -0.25) is 9.59 Å². The molecule has 0 unspecified atom stereocenters. The number of hydrogen-bond acceptors (Lipinski definition) is 4. The highest BCUT2D eigenvalue weighted by molar-refractivity contribution is 7.89. The minimum absolute atomic E-state index is 0.0293. The molecule has 1 saturated heterocycles. The van der Waals surface area contributed by atoms with Gasteiger partial charge in [-0.1, -0.05) is 19.8 Å². The van der Waals surface area contributed by atoms with E-state index in [0.717, 1.165) is 30.5 Å². The molecule has 1 aromatic carbocycles. The summed E-state index contributed by atoms with van der Waals surface area (Å²) in [4.78, 5) is 26.7. The van der Waals surface area contributed by atoms with E-state index < -0.39 is 10.0 Å². The Morgan fingerprint density at radius 3 is 2.38 bits per heavy atom. The van der Waals surface area contributed by atoms with Gasteiger partial charge in [0.25, 0.3) is 0 Å². The van der Waals surface area contributed by atoms with Crippen LogP contribution in [0, 0.1) is 11.8 Å². The summed E-state index contributed by atoms with van der Waals surface area (Å²) in [6, 6.07) is 5.35. The fourth-order valence-corrected chi connectivity index (χ4v) is 7.11. The molecule has 7 nitrogen and oxygen atoms in total. The van der Waals surface area contributed by atoms with Crippen LogP contribution in [0.15, 0.2) is 23.1 Å². The number of sulfonamides is 1. The summed E-state index contributed by atoms with van der Waals surface area (Å²) in [5, 5.41) is 3.23. The zero-order valence-corrected chi connectivity index (χ0v) is 20.2. The molecule has 0 radical (unpaired) electrons. The number of amides is 2. The molecule has 1 aromatic rings. The largest absolute Gasteiger partial charge is 0.353 e. The van der Waals surface area contributed by atoms with Crippen molar-refractivity contribution in [3.63, 3.8) is 0 Å². The van der Waals surface area contributed by atoms with Gasteiger partial charge in [-0.2, -0.15) is 4.31 Å². The molecule has 1 aliphatic carbocycles. The standard InChI is InChI=1S/C24H35N3O4S/c1-16-6-4-5-7-22(16)25-24(29)19-10-12-26(13-11-19)32(30,31)21-8-9-23-20(15-21)14-17(2)27(23)18(3)28/h8-9,15-17,19,22H,4-7,10-14H2,1-3H3,(H,25,29)/t16-,17+,22+/m0/s1. The van der Waals surface area contributed by atoms with E-state index in [1.54, 1.807) is 23.1 Å². The predicted octanol–water partition coefficient (Wildman–Crippen LogP) is 3.08. The average molecular weight is 462 g/mol. The van der Waals surface area contributed by atoms with Crippen molar-refractivity contribution in [3.8, 4) is 0 Å². The first-order valence-electron chi connectivity index (χ1n) is 11.9. The van der Waals surface area contributed by atoms with E-state index in [9.17, 15) is 18.0 Å². The van der Waals surface area contributed by atoms with Crippen molar-refractivity contribution in [2.75, 3.05) is 18.0 Å². The van der Waals surface area contributed by atoms with E-state index in [-0.39, 0.29) is 34.7 Å². The minimum atomic E-state index is -3.63. The van der Waals surface area contributed by atoms with E-state index in [1.807, 2.05) is 6.92 Å². The Kier molecular flexibility index (Phi) is 6.63. The Morgan fingerprint density at radius 1 is 1.03 bits per heavy atom. The first kappa shape index (κ1) is 23.2. The molecular formula is C24H35N3O4S. The molecule has 2 fully saturated rings. The van der Waals surface area contributed by atoms with Crippen LogP contribution in [0.1, 0.15) is 64.9 Å². The van der Waals surface area contributed by atoms with Crippen LogP contribution >= 0.6 is 0 Å². The van der Waals surface area contributed by atoms with Gasteiger partial charge in [0.15, 0.2) is 0 Å². The summed E-state index contributed by atoms with van der Waals surface area (Å²) in [6.07, 6.45) is 6.34. The van der Waals surface area contributed by atoms with Crippen LogP contribution in [0.4, 0.5) is 5.69 Å². The predicted molar refractivity (Wildman–Crippen MR) is 124 cm³/mol. The molecule has 0 spiro atoms. The van der Waals surface area contributed by atoms with Gasteiger partial charge < -0.3 is 10.2 Å². The van der Waals surface area contributed by atoms with Crippen LogP contribution in [0.5, 0.6) is 0 Å². The fraction of sp³-hybridized carbons (Fsp3) is 0.667. The highest BCUT2D eigenvalue weighted by Gasteiger charge is 2.35. The Hall–Kier alpha value is -1.93. The maximum Gasteiger partial charge on any atom is 0.243 e. The van der Waals surface area contributed by atoms with Gasteiger partial charge >= 0.3 is 0 Å². The first-order chi connectivity index (χ1) is 15.2. The van der Waals surface area contributed by atoms with Crippen LogP contribution in [0.25, 0.3) is 0 Å². The Morgan fingerprint density at radius 2 is 1.72 bits per heavy atom. The van der Waals surface area contributed by atoms with Gasteiger partial charge in [-0.15, -0.1) is 0 Å². The van der Waals surface area contributed by atoms with Crippen LogP contribution < -0.4 is 10.2 Å². The fourth-order valence-electron chi connectivity index (χ4n) is 5.59. The van der Waals surface area contributed by atoms with Gasteiger partial charge in [-0.25, -0.2) is 8.42 Å². The number of nitrogens with one attached hydrogen (secondary N) is 1. The second kappa shape index (κ2) is 9.14. The zero-order chi connectivity index (χ0) is 23.0. The van der Waals surface area contributed by atoms with E-state index in [0.29, 0.717) is 38.3 Å². The molecule has 32 heavy (non-hydrogen) atoms. The quantitative estimate of drug-likeness (QED) is 0.747. The number of rotatable bonds is 4. The molecule has 4 rings (SSSR count). The van der Waals surface area contributed by atoms with Crippen molar-refractivity contribution in [1.29, 1.82) is 0 Å². The van der Waals surface area contributed by atoms with Crippen LogP contribution in [-0.2, 0) is 26.0 Å². The summed E-state index contributed by atoms with van der Waals surface area (Å²) in [5.74, 6) is 0.432. The van der Waals surface area contributed by atoms with E-state index in [2.05, 4.69) is 12.2 Å². The summed E-state index contributed by atoms with van der Waals surface area (Å²) in [5.41, 5.74) is 1.70. The first-order valence-corrected chi connectivity index (χ1v) is 13.4. The maximum atomic E-state index is 13.3. The Labute approximate surface area is 191 Å². The van der Waals surface area contributed by atoms with E-state index >= 15 is 0 Å². The minimum Gasteiger partial charge on any atom is -0.353 e. The van der Waals surface area contributed by atoms with Crippen LogP contribution in [-0.4, -0.2) is 49.7 Å². The van der Waals surface area contributed by atoms with Crippen LogP contribution in [0.3, 0.4) is 0 Å².